The first-order valence-electron chi connectivity index (χ1n) is 11.2. The molecular weight excluding hydrogens is 340 g/mol. The van der Waals surface area contributed by atoms with Crippen LogP contribution in [0.5, 0.6) is 0 Å². The van der Waals surface area contributed by atoms with E-state index in [2.05, 4.69) is 20.5 Å². The largest absolute Gasteiger partial charge is 0.381 e. The summed E-state index contributed by atoms with van der Waals surface area (Å²) in [6.45, 7) is 8.10. The molecule has 0 amide bonds. The summed E-state index contributed by atoms with van der Waals surface area (Å²) in [5, 5.41) is 7.05. The van der Waals surface area contributed by atoms with Gasteiger partial charge in [-0.25, -0.2) is 0 Å². The van der Waals surface area contributed by atoms with E-state index in [0.717, 1.165) is 70.7 Å². The molecule has 0 aromatic carbocycles. The minimum Gasteiger partial charge on any atom is -0.381 e. The number of guanidine groups is 1. The Balaban J connectivity index is 1.22. The van der Waals surface area contributed by atoms with Crippen molar-refractivity contribution in [2.75, 3.05) is 59.7 Å². The second-order valence-corrected chi connectivity index (χ2v) is 8.52. The van der Waals surface area contributed by atoms with Crippen molar-refractivity contribution in [3.8, 4) is 0 Å². The molecule has 3 fully saturated rings. The Kier molecular flexibility index (Phi) is 9.18. The van der Waals surface area contributed by atoms with Crippen molar-refractivity contribution in [3.63, 3.8) is 0 Å². The number of nitrogens with one attached hydrogen (secondary N) is 2. The molecule has 1 unspecified atom stereocenters. The Morgan fingerprint density at radius 3 is 2.70 bits per heavy atom. The second-order valence-electron chi connectivity index (χ2n) is 8.52. The van der Waals surface area contributed by atoms with Crippen LogP contribution in [0.1, 0.15) is 51.4 Å². The van der Waals surface area contributed by atoms with Crippen LogP contribution in [-0.2, 0) is 9.47 Å². The Labute approximate surface area is 165 Å². The van der Waals surface area contributed by atoms with Gasteiger partial charge in [-0.2, -0.15) is 0 Å². The topological polar surface area (TPSA) is 58.1 Å². The maximum atomic E-state index is 5.84. The van der Waals surface area contributed by atoms with Crippen LogP contribution in [0, 0.1) is 11.8 Å². The van der Waals surface area contributed by atoms with Crippen molar-refractivity contribution in [1.82, 2.24) is 15.5 Å². The van der Waals surface area contributed by atoms with Crippen molar-refractivity contribution in [2.45, 2.75) is 57.4 Å². The number of rotatable bonds is 9. The van der Waals surface area contributed by atoms with Crippen molar-refractivity contribution >= 4 is 5.96 Å². The van der Waals surface area contributed by atoms with Gasteiger partial charge in [-0.3, -0.25) is 4.99 Å². The summed E-state index contributed by atoms with van der Waals surface area (Å²) in [7, 11) is 1.86. The minimum absolute atomic E-state index is 0.530. The van der Waals surface area contributed by atoms with Gasteiger partial charge in [-0.15, -0.1) is 0 Å². The molecule has 0 bridgehead atoms. The highest BCUT2D eigenvalue weighted by atomic mass is 16.5. The van der Waals surface area contributed by atoms with Gasteiger partial charge in [0.05, 0.1) is 0 Å². The smallest absolute Gasteiger partial charge is 0.191 e. The highest BCUT2D eigenvalue weighted by Crippen LogP contribution is 2.26. The van der Waals surface area contributed by atoms with E-state index in [1.807, 2.05) is 7.05 Å². The highest BCUT2D eigenvalue weighted by Gasteiger charge is 2.26. The Morgan fingerprint density at radius 2 is 1.93 bits per heavy atom. The third kappa shape index (κ3) is 7.59. The zero-order valence-electron chi connectivity index (χ0n) is 17.3. The predicted molar refractivity (Wildman–Crippen MR) is 110 cm³/mol. The first-order chi connectivity index (χ1) is 13.3. The Bertz CT molecular complexity index is 434. The normalized spacial score (nSPS) is 26.0. The molecule has 6 nitrogen and oxygen atoms in total. The van der Waals surface area contributed by atoms with Gasteiger partial charge < -0.3 is 25.0 Å². The van der Waals surface area contributed by atoms with Gasteiger partial charge in [0.15, 0.2) is 5.96 Å². The lowest BCUT2D eigenvalue weighted by Crippen LogP contribution is -2.45. The Hall–Kier alpha value is -0.850. The molecule has 3 rings (SSSR count). The summed E-state index contributed by atoms with van der Waals surface area (Å²) < 4.78 is 11.2. The number of ether oxygens (including phenoxy) is 2. The molecule has 3 aliphatic rings. The lowest BCUT2D eigenvalue weighted by atomic mass is 10.0. The third-order valence-corrected chi connectivity index (χ3v) is 6.28. The lowest BCUT2D eigenvalue weighted by molar-refractivity contribution is 0.0203. The fourth-order valence-corrected chi connectivity index (χ4v) is 4.61. The van der Waals surface area contributed by atoms with Gasteiger partial charge >= 0.3 is 0 Å². The molecule has 2 aliphatic heterocycles. The van der Waals surface area contributed by atoms with E-state index in [9.17, 15) is 0 Å². The predicted octanol–water partition coefficient (Wildman–Crippen LogP) is 2.25. The van der Waals surface area contributed by atoms with Crippen LogP contribution < -0.4 is 10.6 Å². The summed E-state index contributed by atoms with van der Waals surface area (Å²) in [6.07, 6.45) is 10.3. The van der Waals surface area contributed by atoms with E-state index in [0.29, 0.717) is 12.0 Å². The molecule has 0 radical (unpaired) electrons. The summed E-state index contributed by atoms with van der Waals surface area (Å²) in [4.78, 5) is 7.04. The molecule has 2 saturated heterocycles. The minimum atomic E-state index is 0.530. The first kappa shape index (κ1) is 20.9. The number of hydrogen-bond donors (Lipinski definition) is 2. The molecule has 6 heteroatoms. The highest BCUT2D eigenvalue weighted by molar-refractivity contribution is 5.79. The standard InChI is InChI=1S/C21H40N4O2/c1-22-21(23-10-4-12-27-17-19-8-13-26-14-9-19)24-20-7-11-25(16-20)15-18-5-2-3-6-18/h18-20H,2-17H2,1H3,(H2,22,23,24). The maximum Gasteiger partial charge on any atom is 0.191 e. The summed E-state index contributed by atoms with van der Waals surface area (Å²) in [5.74, 6) is 2.57. The fourth-order valence-electron chi connectivity index (χ4n) is 4.61. The van der Waals surface area contributed by atoms with E-state index in [4.69, 9.17) is 9.47 Å². The van der Waals surface area contributed by atoms with Crippen LogP contribution in [-0.4, -0.2) is 76.6 Å². The number of nitrogens with zero attached hydrogens (tertiary/aromatic N) is 2. The van der Waals surface area contributed by atoms with Crippen LogP contribution in [0.3, 0.4) is 0 Å². The van der Waals surface area contributed by atoms with E-state index in [1.165, 1.54) is 45.2 Å². The molecule has 0 aromatic rings. The molecule has 2 heterocycles. The van der Waals surface area contributed by atoms with Crippen molar-refractivity contribution in [3.05, 3.63) is 0 Å². The van der Waals surface area contributed by atoms with E-state index in [-0.39, 0.29) is 0 Å². The van der Waals surface area contributed by atoms with Gasteiger partial charge in [-0.1, -0.05) is 12.8 Å². The average molecular weight is 381 g/mol. The van der Waals surface area contributed by atoms with Gasteiger partial charge in [0.25, 0.3) is 0 Å². The third-order valence-electron chi connectivity index (χ3n) is 6.28. The number of hydrogen-bond acceptors (Lipinski definition) is 4. The fraction of sp³-hybridized carbons (Fsp3) is 0.952. The lowest BCUT2D eigenvalue weighted by Gasteiger charge is -2.22. The molecule has 0 spiro atoms. The second kappa shape index (κ2) is 11.9. The van der Waals surface area contributed by atoms with Crippen molar-refractivity contribution < 1.29 is 9.47 Å². The summed E-state index contributed by atoms with van der Waals surface area (Å²) >= 11 is 0. The monoisotopic (exact) mass is 380 g/mol. The van der Waals surface area contributed by atoms with Crippen molar-refractivity contribution in [2.24, 2.45) is 16.8 Å². The molecule has 1 aliphatic carbocycles. The van der Waals surface area contributed by atoms with E-state index >= 15 is 0 Å². The molecule has 0 aromatic heterocycles. The molecule has 27 heavy (non-hydrogen) atoms. The molecule has 1 atom stereocenters. The van der Waals surface area contributed by atoms with Gasteiger partial charge in [0, 0.05) is 65.7 Å². The number of aliphatic imine (C=N–C) groups is 1. The van der Waals surface area contributed by atoms with Gasteiger partial charge in [0.1, 0.15) is 0 Å². The first-order valence-corrected chi connectivity index (χ1v) is 11.2. The maximum absolute atomic E-state index is 5.84. The zero-order valence-corrected chi connectivity index (χ0v) is 17.3. The summed E-state index contributed by atoms with van der Waals surface area (Å²) in [5.41, 5.74) is 0. The SMILES string of the molecule is CN=C(NCCCOCC1CCOCC1)NC1CCN(CC2CCCC2)C1. The molecule has 156 valence electrons. The van der Waals surface area contributed by atoms with Gasteiger partial charge in [0.2, 0.25) is 0 Å². The molecule has 2 N–H and O–H groups in total. The molecular formula is C21H40N4O2. The van der Waals surface area contributed by atoms with E-state index < -0.39 is 0 Å². The van der Waals surface area contributed by atoms with Crippen LogP contribution in [0.25, 0.3) is 0 Å². The van der Waals surface area contributed by atoms with Crippen LogP contribution >= 0.6 is 0 Å². The van der Waals surface area contributed by atoms with E-state index in [1.54, 1.807) is 0 Å². The van der Waals surface area contributed by atoms with Crippen LogP contribution in [0.4, 0.5) is 0 Å². The van der Waals surface area contributed by atoms with Crippen LogP contribution in [0.2, 0.25) is 0 Å². The summed E-state index contributed by atoms with van der Waals surface area (Å²) in [6, 6.07) is 0.530. The average Bonchev–Trinajstić information content (AvgIpc) is 3.37. The number of likely N-dealkylation sites (tertiary alicyclic amines) is 1. The zero-order chi connectivity index (χ0) is 18.7. The Morgan fingerprint density at radius 1 is 1.11 bits per heavy atom. The molecule has 1 saturated carbocycles. The van der Waals surface area contributed by atoms with Gasteiger partial charge in [-0.05, 0) is 50.4 Å². The quantitative estimate of drug-likeness (QED) is 0.365. The van der Waals surface area contributed by atoms with Crippen LogP contribution in [0.15, 0.2) is 4.99 Å². The van der Waals surface area contributed by atoms with Crippen molar-refractivity contribution in [1.29, 1.82) is 0 Å².